The van der Waals surface area contributed by atoms with E-state index in [9.17, 15) is 0 Å². The molecule has 0 radical (unpaired) electrons. The topological polar surface area (TPSA) is 39.1 Å². The Morgan fingerprint density at radius 3 is 3.11 bits per heavy atom. The van der Waals surface area contributed by atoms with Gasteiger partial charge in [-0.1, -0.05) is 12.1 Å². The fraction of sp³-hybridized carbons (Fsp3) is 0.562. The molecule has 19 heavy (non-hydrogen) atoms. The van der Waals surface area contributed by atoms with Gasteiger partial charge in [0.25, 0.3) is 0 Å². The van der Waals surface area contributed by atoms with Crippen molar-refractivity contribution in [1.29, 1.82) is 5.26 Å². The summed E-state index contributed by atoms with van der Waals surface area (Å²) in [6.07, 6.45) is 2.63. The van der Waals surface area contributed by atoms with Gasteiger partial charge in [0.1, 0.15) is 0 Å². The van der Waals surface area contributed by atoms with E-state index in [4.69, 9.17) is 5.26 Å². The first-order valence-corrected chi connectivity index (χ1v) is 7.11. The van der Waals surface area contributed by atoms with Crippen LogP contribution in [0.3, 0.4) is 0 Å². The second-order valence-corrected chi connectivity index (χ2v) is 5.64. The standard InChI is InChI=1S/C16H23N3/c1-13(16-7-3-5-14(9-16)10-17)18-11-15-6-4-8-19(2)12-15/h3,5,7,9,13,15,18H,4,6,8,11-12H2,1-2H3. The minimum atomic E-state index is 0.306. The Balaban J connectivity index is 1.86. The van der Waals surface area contributed by atoms with Crippen LogP contribution in [0.4, 0.5) is 0 Å². The Morgan fingerprint density at radius 2 is 2.37 bits per heavy atom. The third kappa shape index (κ3) is 4.05. The van der Waals surface area contributed by atoms with Gasteiger partial charge in [0.2, 0.25) is 0 Å². The number of likely N-dealkylation sites (tertiary alicyclic amines) is 1. The van der Waals surface area contributed by atoms with Crippen molar-refractivity contribution in [2.45, 2.75) is 25.8 Å². The van der Waals surface area contributed by atoms with Gasteiger partial charge in [0, 0.05) is 12.6 Å². The van der Waals surface area contributed by atoms with Crippen LogP contribution >= 0.6 is 0 Å². The summed E-state index contributed by atoms with van der Waals surface area (Å²) in [5.41, 5.74) is 1.94. The highest BCUT2D eigenvalue weighted by Gasteiger charge is 2.17. The second kappa shape index (κ2) is 6.70. The highest BCUT2D eigenvalue weighted by atomic mass is 15.1. The molecule has 0 bridgehead atoms. The molecule has 2 rings (SSSR count). The van der Waals surface area contributed by atoms with Crippen LogP contribution in [0, 0.1) is 17.2 Å². The summed E-state index contributed by atoms with van der Waals surface area (Å²) in [5, 5.41) is 12.5. The molecule has 2 unspecified atom stereocenters. The number of nitrogens with one attached hydrogen (secondary N) is 1. The van der Waals surface area contributed by atoms with Gasteiger partial charge in [-0.2, -0.15) is 5.26 Å². The maximum Gasteiger partial charge on any atom is 0.0991 e. The van der Waals surface area contributed by atoms with Crippen LogP contribution in [0.5, 0.6) is 0 Å². The van der Waals surface area contributed by atoms with E-state index in [1.54, 1.807) is 0 Å². The molecule has 3 heteroatoms. The second-order valence-electron chi connectivity index (χ2n) is 5.64. The Bertz CT molecular complexity index is 450. The minimum absolute atomic E-state index is 0.306. The molecule has 3 nitrogen and oxygen atoms in total. The molecule has 0 aliphatic carbocycles. The van der Waals surface area contributed by atoms with Crippen LogP contribution in [0.1, 0.15) is 36.9 Å². The number of piperidine rings is 1. The molecule has 1 heterocycles. The van der Waals surface area contributed by atoms with Gasteiger partial charge < -0.3 is 10.2 Å². The van der Waals surface area contributed by atoms with E-state index in [0.717, 1.165) is 18.0 Å². The van der Waals surface area contributed by atoms with E-state index in [1.165, 1.54) is 31.5 Å². The number of hydrogen-bond acceptors (Lipinski definition) is 3. The van der Waals surface area contributed by atoms with Gasteiger partial charge in [-0.25, -0.2) is 0 Å². The highest BCUT2D eigenvalue weighted by molar-refractivity contribution is 5.33. The van der Waals surface area contributed by atoms with Gasteiger partial charge in [0.15, 0.2) is 0 Å². The molecule has 102 valence electrons. The lowest BCUT2D eigenvalue weighted by Crippen LogP contribution is -2.37. The average molecular weight is 257 g/mol. The molecule has 1 aliphatic rings. The van der Waals surface area contributed by atoms with E-state index >= 15 is 0 Å². The molecule has 2 atom stereocenters. The zero-order chi connectivity index (χ0) is 13.7. The first-order valence-electron chi connectivity index (χ1n) is 7.11. The summed E-state index contributed by atoms with van der Waals surface area (Å²) in [6, 6.07) is 10.4. The van der Waals surface area contributed by atoms with Crippen molar-refractivity contribution < 1.29 is 0 Å². The lowest BCUT2D eigenvalue weighted by molar-refractivity contribution is 0.203. The largest absolute Gasteiger partial charge is 0.310 e. The Morgan fingerprint density at radius 1 is 1.53 bits per heavy atom. The first-order chi connectivity index (χ1) is 9.19. The maximum atomic E-state index is 8.93. The third-order valence-corrected chi connectivity index (χ3v) is 3.95. The van der Waals surface area contributed by atoms with Crippen molar-refractivity contribution in [3.05, 3.63) is 35.4 Å². The number of rotatable bonds is 4. The lowest BCUT2D eigenvalue weighted by atomic mass is 9.97. The highest BCUT2D eigenvalue weighted by Crippen LogP contribution is 2.17. The number of hydrogen-bond donors (Lipinski definition) is 1. The summed E-state index contributed by atoms with van der Waals surface area (Å²) in [4.78, 5) is 2.41. The Labute approximate surface area is 116 Å². The van der Waals surface area contributed by atoms with Crippen molar-refractivity contribution in [3.63, 3.8) is 0 Å². The molecular weight excluding hydrogens is 234 g/mol. The van der Waals surface area contributed by atoms with Gasteiger partial charge in [-0.15, -0.1) is 0 Å². The number of nitriles is 1. The Hall–Kier alpha value is -1.37. The normalized spacial score (nSPS) is 21.8. The molecule has 0 amide bonds. The van der Waals surface area contributed by atoms with E-state index < -0.39 is 0 Å². The summed E-state index contributed by atoms with van der Waals surface area (Å²) in [5.74, 6) is 0.750. The zero-order valence-corrected chi connectivity index (χ0v) is 11.9. The van der Waals surface area contributed by atoms with Crippen molar-refractivity contribution in [1.82, 2.24) is 10.2 Å². The molecule has 1 aromatic carbocycles. The number of nitrogens with zero attached hydrogens (tertiary/aromatic N) is 2. The smallest absolute Gasteiger partial charge is 0.0991 e. The minimum Gasteiger partial charge on any atom is -0.310 e. The lowest BCUT2D eigenvalue weighted by Gasteiger charge is -2.30. The average Bonchev–Trinajstić information content (AvgIpc) is 2.45. The molecule has 0 aromatic heterocycles. The third-order valence-electron chi connectivity index (χ3n) is 3.95. The van der Waals surface area contributed by atoms with Crippen LogP contribution in [0.15, 0.2) is 24.3 Å². The fourth-order valence-corrected chi connectivity index (χ4v) is 2.78. The summed E-state index contributed by atoms with van der Waals surface area (Å²) in [6.45, 7) is 5.65. The van der Waals surface area contributed by atoms with Gasteiger partial charge in [-0.05, 0) is 63.5 Å². The van der Waals surface area contributed by atoms with Gasteiger partial charge in [0.05, 0.1) is 11.6 Å². The van der Waals surface area contributed by atoms with Crippen LogP contribution in [0.2, 0.25) is 0 Å². The van der Waals surface area contributed by atoms with Crippen LogP contribution < -0.4 is 5.32 Å². The van der Waals surface area contributed by atoms with Crippen molar-refractivity contribution in [2.24, 2.45) is 5.92 Å². The maximum absolute atomic E-state index is 8.93. The van der Waals surface area contributed by atoms with E-state index in [1.807, 2.05) is 18.2 Å². The first kappa shape index (κ1) is 14.0. The summed E-state index contributed by atoms with van der Waals surface area (Å²) < 4.78 is 0. The fourth-order valence-electron chi connectivity index (χ4n) is 2.78. The monoisotopic (exact) mass is 257 g/mol. The van der Waals surface area contributed by atoms with Gasteiger partial charge >= 0.3 is 0 Å². The molecule has 1 aromatic rings. The molecule has 0 saturated carbocycles. The number of benzene rings is 1. The van der Waals surface area contributed by atoms with E-state index in [-0.39, 0.29) is 0 Å². The SMILES string of the molecule is CC(NCC1CCCN(C)C1)c1cccc(C#N)c1. The van der Waals surface area contributed by atoms with Gasteiger partial charge in [-0.3, -0.25) is 0 Å². The zero-order valence-electron chi connectivity index (χ0n) is 11.9. The molecule has 0 spiro atoms. The van der Waals surface area contributed by atoms with E-state index in [0.29, 0.717) is 6.04 Å². The summed E-state index contributed by atoms with van der Waals surface area (Å²) in [7, 11) is 2.20. The summed E-state index contributed by atoms with van der Waals surface area (Å²) >= 11 is 0. The van der Waals surface area contributed by atoms with Crippen molar-refractivity contribution >= 4 is 0 Å². The van der Waals surface area contributed by atoms with E-state index in [2.05, 4.69) is 36.3 Å². The van der Waals surface area contributed by atoms with Crippen LogP contribution in [-0.2, 0) is 0 Å². The quantitative estimate of drug-likeness (QED) is 0.901. The molecule has 1 saturated heterocycles. The Kier molecular flexibility index (Phi) is 4.95. The van der Waals surface area contributed by atoms with Crippen molar-refractivity contribution in [3.8, 4) is 6.07 Å². The predicted molar refractivity (Wildman–Crippen MR) is 77.8 cm³/mol. The molecule has 1 fully saturated rings. The molecule has 1 aliphatic heterocycles. The van der Waals surface area contributed by atoms with Crippen molar-refractivity contribution in [2.75, 3.05) is 26.7 Å². The predicted octanol–water partition coefficient (Wildman–Crippen LogP) is 2.55. The molecular formula is C16H23N3. The van der Waals surface area contributed by atoms with Crippen LogP contribution in [0.25, 0.3) is 0 Å². The van der Waals surface area contributed by atoms with Crippen LogP contribution in [-0.4, -0.2) is 31.6 Å². The molecule has 1 N–H and O–H groups in total.